The number of hydrogen-bond acceptors (Lipinski definition) is 8. The molecule has 0 aliphatic heterocycles. The van der Waals surface area contributed by atoms with Gasteiger partial charge in [-0.05, 0) is 95.1 Å². The van der Waals surface area contributed by atoms with E-state index in [1.165, 1.54) is 72.8 Å². The van der Waals surface area contributed by atoms with E-state index < -0.39 is 0 Å². The molecule has 0 unspecified atom stereocenters. The van der Waals surface area contributed by atoms with Crippen LogP contribution in [0.1, 0.15) is 22.3 Å². The first kappa shape index (κ1) is 37.2. The quantitative estimate of drug-likeness (QED) is 0.0432. The van der Waals surface area contributed by atoms with Gasteiger partial charge in [0.15, 0.2) is 11.6 Å². The molecule has 47 heavy (non-hydrogen) atoms. The van der Waals surface area contributed by atoms with E-state index in [9.17, 15) is 30.0 Å². The van der Waals surface area contributed by atoms with Gasteiger partial charge in [-0.2, -0.15) is 0 Å². The van der Waals surface area contributed by atoms with Crippen LogP contribution in [0.2, 0.25) is 0 Å². The second kappa shape index (κ2) is 19.4. The van der Waals surface area contributed by atoms with Crippen molar-refractivity contribution in [2.75, 3.05) is 0 Å². The van der Waals surface area contributed by atoms with Gasteiger partial charge >= 0.3 is 0 Å². The summed E-state index contributed by atoms with van der Waals surface area (Å²) in [5.74, 6) is -0.405. The Morgan fingerprint density at radius 3 is 0.830 bits per heavy atom. The van der Waals surface area contributed by atoms with Gasteiger partial charge in [-0.1, -0.05) is 72.8 Å². The van der Waals surface area contributed by atoms with Gasteiger partial charge in [-0.25, -0.2) is 0 Å². The van der Waals surface area contributed by atoms with Crippen LogP contribution >= 0.6 is 0 Å². The Labute approximate surface area is 282 Å². The predicted molar refractivity (Wildman–Crippen MR) is 180 cm³/mol. The van der Waals surface area contributed by atoms with Crippen LogP contribution in [-0.2, 0) is 26.7 Å². The second-order valence-electron chi connectivity index (χ2n) is 9.64. The molecule has 0 bridgehead atoms. The summed E-state index contributed by atoms with van der Waals surface area (Å²) in [5, 5.41) is 56.1. The van der Waals surface area contributed by atoms with Crippen LogP contribution in [0.3, 0.4) is 0 Å². The smallest absolute Gasteiger partial charge is 0.182 e. The summed E-state index contributed by atoms with van der Waals surface area (Å²) < 4.78 is 0. The van der Waals surface area contributed by atoms with Crippen molar-refractivity contribution in [3.05, 3.63) is 167 Å². The Balaban J connectivity index is 0.000000320. The summed E-state index contributed by atoms with van der Waals surface area (Å²) in [7, 11) is 0. The van der Waals surface area contributed by atoms with E-state index in [0.29, 0.717) is 0 Å². The maximum atomic E-state index is 11.7. The van der Waals surface area contributed by atoms with E-state index in [1.54, 1.807) is 72.8 Å². The Hall–Kier alpha value is -6.02. The number of ketones is 2. The number of carbonyl (C=O) groups is 2. The van der Waals surface area contributed by atoms with Gasteiger partial charge in [0.05, 0.1) is 0 Å². The molecule has 9 heteroatoms. The minimum Gasteiger partial charge on any atom is -0.508 e. The predicted octanol–water partition coefficient (Wildman–Crippen LogP) is 7.67. The first-order chi connectivity index (χ1) is 22.0. The number of hydrogen-bond donors (Lipinski definition) is 6. The zero-order chi connectivity index (χ0) is 33.3. The SMILES string of the molecule is O=C(/C=C(O)/C=C/c1ccc(O)cc1)/C=C/c1ccc(O)cc1.O=C(/C=C(O)/C=C/c1ccc(O)cc1)/C=C/c1ccc(O)cc1.[Cu]. The molecule has 4 aromatic carbocycles. The zero-order valence-corrected chi connectivity index (χ0v) is 25.8. The van der Waals surface area contributed by atoms with E-state index in [-0.39, 0.29) is 63.2 Å². The molecule has 0 fully saturated rings. The molecule has 243 valence electrons. The van der Waals surface area contributed by atoms with Crippen molar-refractivity contribution in [2.24, 2.45) is 0 Å². The average Bonchev–Trinajstić information content (AvgIpc) is 3.04. The van der Waals surface area contributed by atoms with Crippen molar-refractivity contribution in [3.8, 4) is 23.0 Å². The van der Waals surface area contributed by atoms with Crippen LogP contribution in [0, 0.1) is 0 Å². The normalized spacial score (nSPS) is 11.8. The van der Waals surface area contributed by atoms with Crippen LogP contribution in [-0.4, -0.2) is 42.2 Å². The monoisotopic (exact) mass is 679 g/mol. The molecule has 0 spiro atoms. The molecule has 0 saturated carbocycles. The number of phenols is 4. The third-order valence-corrected chi connectivity index (χ3v) is 5.93. The van der Waals surface area contributed by atoms with Crippen molar-refractivity contribution >= 4 is 35.9 Å². The zero-order valence-electron chi connectivity index (χ0n) is 24.8. The number of aliphatic hydroxyl groups excluding tert-OH is 2. The number of phenolic OH excluding ortho intramolecular Hbond substituents is 4. The summed E-state index contributed by atoms with van der Waals surface area (Å²) in [4.78, 5) is 23.4. The minimum atomic E-state index is -0.356. The third kappa shape index (κ3) is 15.0. The van der Waals surface area contributed by atoms with Crippen LogP contribution in [0.15, 0.2) is 145 Å². The number of aromatic hydroxyl groups is 4. The minimum absolute atomic E-state index is 0. The number of rotatable bonds is 10. The van der Waals surface area contributed by atoms with Gasteiger partial charge in [-0.3, -0.25) is 9.59 Å². The molecule has 0 aliphatic carbocycles. The van der Waals surface area contributed by atoms with Crippen molar-refractivity contribution < 1.29 is 57.3 Å². The van der Waals surface area contributed by atoms with Crippen molar-refractivity contribution in [2.45, 2.75) is 0 Å². The molecule has 1 radical (unpaired) electrons. The van der Waals surface area contributed by atoms with Crippen molar-refractivity contribution in [3.63, 3.8) is 0 Å². The summed E-state index contributed by atoms with van der Waals surface area (Å²) >= 11 is 0. The number of allylic oxidation sites excluding steroid dienone is 6. The van der Waals surface area contributed by atoms with E-state index in [2.05, 4.69) is 0 Å². The molecule has 4 rings (SSSR count). The molecule has 0 atom stereocenters. The van der Waals surface area contributed by atoms with Crippen molar-refractivity contribution in [1.29, 1.82) is 0 Å². The molecular weight excluding hydrogens is 648 g/mol. The topological polar surface area (TPSA) is 156 Å². The van der Waals surface area contributed by atoms with Crippen LogP contribution in [0.25, 0.3) is 24.3 Å². The molecule has 8 nitrogen and oxygen atoms in total. The van der Waals surface area contributed by atoms with Gasteiger partial charge < -0.3 is 30.6 Å². The molecule has 0 saturated heterocycles. The van der Waals surface area contributed by atoms with E-state index >= 15 is 0 Å². The van der Waals surface area contributed by atoms with Crippen LogP contribution in [0.5, 0.6) is 23.0 Å². The fourth-order valence-corrected chi connectivity index (χ4v) is 3.55. The average molecular weight is 680 g/mol. The number of carbonyl (C=O) groups excluding carboxylic acids is 2. The number of aliphatic hydroxyl groups is 2. The summed E-state index contributed by atoms with van der Waals surface area (Å²) in [6.45, 7) is 0. The van der Waals surface area contributed by atoms with Crippen LogP contribution in [0.4, 0.5) is 0 Å². The van der Waals surface area contributed by atoms with Crippen LogP contribution < -0.4 is 0 Å². The number of benzene rings is 4. The maximum Gasteiger partial charge on any atom is 0.182 e. The first-order valence-electron chi connectivity index (χ1n) is 13.8. The standard InChI is InChI=1S/2C19H16O4.Cu/c2*20-16-7-1-14(2-8-16)5-11-18(22)13-19(23)12-6-15-3-9-17(21)10-4-15;/h2*1-13,20-22H;/b2*11-5+,12-6+,18-13-;. The van der Waals surface area contributed by atoms with Gasteiger partial charge in [-0.15, -0.1) is 0 Å². The first-order valence-corrected chi connectivity index (χ1v) is 13.8. The third-order valence-electron chi connectivity index (χ3n) is 5.93. The van der Waals surface area contributed by atoms with E-state index in [4.69, 9.17) is 10.2 Å². The van der Waals surface area contributed by atoms with Gasteiger partial charge in [0.25, 0.3) is 0 Å². The second-order valence-corrected chi connectivity index (χ2v) is 9.64. The molecule has 6 N–H and O–H groups in total. The van der Waals surface area contributed by atoms with Gasteiger partial charge in [0.2, 0.25) is 0 Å². The molecule has 0 heterocycles. The summed E-state index contributed by atoms with van der Waals surface area (Å²) in [6, 6.07) is 25.7. The fourth-order valence-electron chi connectivity index (χ4n) is 3.55. The molecule has 0 aliphatic rings. The van der Waals surface area contributed by atoms with Gasteiger partial charge in [0, 0.05) is 29.2 Å². The Morgan fingerprint density at radius 2 is 0.596 bits per heavy atom. The van der Waals surface area contributed by atoms with E-state index in [1.807, 2.05) is 0 Å². The Kier molecular flexibility index (Phi) is 15.3. The maximum absolute atomic E-state index is 11.7. The molecular formula is C38H32CuO8. The molecule has 4 aromatic rings. The summed E-state index contributed by atoms with van der Waals surface area (Å²) in [6.07, 6.45) is 14.1. The van der Waals surface area contributed by atoms with Crippen molar-refractivity contribution in [1.82, 2.24) is 0 Å². The fraction of sp³-hybridized carbons (Fsp3) is 0. The Morgan fingerprint density at radius 1 is 0.383 bits per heavy atom. The largest absolute Gasteiger partial charge is 0.508 e. The van der Waals surface area contributed by atoms with E-state index in [0.717, 1.165) is 34.4 Å². The molecule has 0 aromatic heterocycles. The Bertz CT molecular complexity index is 1640. The summed E-state index contributed by atoms with van der Waals surface area (Å²) in [5.41, 5.74) is 3.11. The molecule has 0 amide bonds. The van der Waals surface area contributed by atoms with Gasteiger partial charge in [0.1, 0.15) is 34.5 Å².